The van der Waals surface area contributed by atoms with Gasteiger partial charge >= 0.3 is 12.1 Å². The Bertz CT molecular complexity index is 739. The largest absolute Gasteiger partial charge is 0.477 e. The fourth-order valence-electron chi connectivity index (χ4n) is 1.76. The van der Waals surface area contributed by atoms with Gasteiger partial charge in [0.1, 0.15) is 16.3 Å². The minimum absolute atomic E-state index is 0.0106. The Morgan fingerprint density at radius 2 is 2.14 bits per heavy atom. The Kier molecular flexibility index (Phi) is 4.18. The second-order valence-corrected chi connectivity index (χ2v) is 5.21. The van der Waals surface area contributed by atoms with Gasteiger partial charge in [0.05, 0.1) is 11.4 Å². The number of carboxylic acids is 1. The van der Waals surface area contributed by atoms with Gasteiger partial charge in [-0.1, -0.05) is 12.7 Å². The van der Waals surface area contributed by atoms with Crippen molar-refractivity contribution >= 4 is 39.3 Å². The molecule has 0 spiro atoms. The van der Waals surface area contributed by atoms with Gasteiger partial charge in [-0.05, 0) is 19.4 Å². The van der Waals surface area contributed by atoms with Crippen molar-refractivity contribution in [1.82, 2.24) is 10.2 Å². The molecule has 110 valence electrons. The maximum Gasteiger partial charge on any atom is 0.412 e. The Hall–Kier alpha value is -2.48. The molecule has 1 amide bonds. The van der Waals surface area contributed by atoms with Crippen LogP contribution in [0, 0.1) is 13.8 Å². The number of nitrogens with zero attached hydrogens (tertiary/aromatic N) is 2. The van der Waals surface area contributed by atoms with Gasteiger partial charge in [-0.3, -0.25) is 5.32 Å². The first-order valence-corrected chi connectivity index (χ1v) is 6.81. The highest BCUT2D eigenvalue weighted by Crippen LogP contribution is 2.37. The van der Waals surface area contributed by atoms with Crippen LogP contribution in [0.25, 0.3) is 10.2 Å². The van der Waals surface area contributed by atoms with E-state index in [1.807, 2.05) is 0 Å². The lowest BCUT2D eigenvalue weighted by Gasteiger charge is -2.07. The van der Waals surface area contributed by atoms with Crippen molar-refractivity contribution in [2.45, 2.75) is 13.8 Å². The molecule has 8 heteroatoms. The standard InChI is InChI=1S/C13H13N3O4S/c1-4-5-20-13(19)14-9-8-6(2)7(3)15-16-11(8)21-10(9)12(17)18/h4H,1,5H2,2-3H3,(H,14,19)(H,17,18). The van der Waals surface area contributed by atoms with E-state index in [1.54, 1.807) is 13.8 Å². The molecule has 0 aliphatic heterocycles. The SMILES string of the molecule is C=CCOC(=O)Nc1c(C(=O)O)sc2nnc(C)c(C)c12. The quantitative estimate of drug-likeness (QED) is 0.842. The maximum absolute atomic E-state index is 11.7. The van der Waals surface area contributed by atoms with Gasteiger partial charge in [-0.15, -0.1) is 16.4 Å². The topological polar surface area (TPSA) is 101 Å². The lowest BCUT2D eigenvalue weighted by molar-refractivity contribution is 0.0703. The van der Waals surface area contributed by atoms with Gasteiger partial charge in [-0.2, -0.15) is 5.10 Å². The molecule has 0 aliphatic rings. The third-order valence-corrected chi connectivity index (χ3v) is 3.91. The summed E-state index contributed by atoms with van der Waals surface area (Å²) in [4.78, 5) is 23.5. The zero-order chi connectivity index (χ0) is 15.6. The van der Waals surface area contributed by atoms with Crippen molar-refractivity contribution < 1.29 is 19.4 Å². The molecule has 0 saturated carbocycles. The number of ether oxygens (including phenoxy) is 1. The third-order valence-electron chi connectivity index (χ3n) is 2.85. The lowest BCUT2D eigenvalue weighted by Crippen LogP contribution is -2.15. The molecule has 0 atom stereocenters. The van der Waals surface area contributed by atoms with Crippen LogP contribution < -0.4 is 5.32 Å². The highest BCUT2D eigenvalue weighted by atomic mass is 32.1. The van der Waals surface area contributed by atoms with Crippen LogP contribution in [0.3, 0.4) is 0 Å². The monoisotopic (exact) mass is 307 g/mol. The molecular weight excluding hydrogens is 294 g/mol. The first kappa shape index (κ1) is 14.9. The lowest BCUT2D eigenvalue weighted by atomic mass is 10.1. The number of carboxylic acid groups (broad SMARTS) is 1. The maximum atomic E-state index is 11.7. The molecule has 0 unspecified atom stereocenters. The molecule has 21 heavy (non-hydrogen) atoms. The summed E-state index contributed by atoms with van der Waals surface area (Å²) in [6.45, 7) is 7.03. The number of hydrogen-bond acceptors (Lipinski definition) is 6. The van der Waals surface area contributed by atoms with E-state index >= 15 is 0 Å². The first-order chi connectivity index (χ1) is 9.95. The van der Waals surface area contributed by atoms with E-state index in [0.29, 0.717) is 15.9 Å². The Balaban J connectivity index is 2.55. The predicted octanol–water partition coefficient (Wildman–Crippen LogP) is 2.74. The molecule has 2 N–H and O–H groups in total. The number of fused-ring (bicyclic) bond motifs is 1. The van der Waals surface area contributed by atoms with Crippen LogP contribution in [0.15, 0.2) is 12.7 Å². The minimum Gasteiger partial charge on any atom is -0.477 e. The molecule has 2 aromatic heterocycles. The average molecular weight is 307 g/mol. The van der Waals surface area contributed by atoms with Gasteiger partial charge in [0, 0.05) is 5.39 Å². The van der Waals surface area contributed by atoms with Gasteiger partial charge < -0.3 is 9.84 Å². The second-order valence-electron chi connectivity index (χ2n) is 4.21. The Labute approximate surface area is 124 Å². The number of anilines is 1. The van der Waals surface area contributed by atoms with E-state index in [9.17, 15) is 14.7 Å². The summed E-state index contributed by atoms with van der Waals surface area (Å²) in [5, 5.41) is 20.2. The van der Waals surface area contributed by atoms with Crippen LogP contribution in [-0.2, 0) is 4.74 Å². The van der Waals surface area contributed by atoms with Crippen LogP contribution in [0.4, 0.5) is 10.5 Å². The molecule has 2 aromatic rings. The summed E-state index contributed by atoms with van der Waals surface area (Å²) < 4.78 is 4.83. The van der Waals surface area contributed by atoms with Crippen LogP contribution in [0.1, 0.15) is 20.9 Å². The van der Waals surface area contributed by atoms with E-state index in [1.165, 1.54) is 6.08 Å². The number of hydrogen-bond donors (Lipinski definition) is 2. The van der Waals surface area contributed by atoms with Gasteiger partial charge in [-0.25, -0.2) is 9.59 Å². The molecule has 0 fully saturated rings. The molecule has 0 bridgehead atoms. The van der Waals surface area contributed by atoms with E-state index in [4.69, 9.17) is 4.74 Å². The van der Waals surface area contributed by atoms with Crippen LogP contribution in [0.5, 0.6) is 0 Å². The van der Waals surface area contributed by atoms with Crippen molar-refractivity contribution in [2.24, 2.45) is 0 Å². The summed E-state index contributed by atoms with van der Waals surface area (Å²) in [6, 6.07) is 0. The van der Waals surface area contributed by atoms with Crippen molar-refractivity contribution in [3.05, 3.63) is 28.8 Å². The summed E-state index contributed by atoms with van der Waals surface area (Å²) in [7, 11) is 0. The van der Waals surface area contributed by atoms with Crippen molar-refractivity contribution in [2.75, 3.05) is 11.9 Å². The fraction of sp³-hybridized carbons (Fsp3) is 0.231. The third kappa shape index (κ3) is 2.84. The average Bonchev–Trinajstić information content (AvgIpc) is 2.80. The van der Waals surface area contributed by atoms with E-state index in [-0.39, 0.29) is 17.2 Å². The second kappa shape index (κ2) is 5.88. The number of nitrogens with one attached hydrogen (secondary N) is 1. The molecule has 0 aliphatic carbocycles. The van der Waals surface area contributed by atoms with E-state index < -0.39 is 12.1 Å². The molecule has 0 radical (unpaired) electrons. The molecule has 0 aromatic carbocycles. The number of carbonyl (C=O) groups excluding carboxylic acids is 1. The summed E-state index contributed by atoms with van der Waals surface area (Å²) in [6.07, 6.45) is 0.676. The van der Waals surface area contributed by atoms with Crippen molar-refractivity contribution in [1.29, 1.82) is 0 Å². The fourth-order valence-corrected chi connectivity index (χ4v) is 2.73. The zero-order valence-corrected chi connectivity index (χ0v) is 12.3. The van der Waals surface area contributed by atoms with Gasteiger partial charge in [0.25, 0.3) is 0 Å². The van der Waals surface area contributed by atoms with Gasteiger partial charge in [0.15, 0.2) is 0 Å². The molecule has 7 nitrogen and oxygen atoms in total. The number of aromatic carboxylic acids is 1. The molecule has 2 heterocycles. The van der Waals surface area contributed by atoms with Crippen molar-refractivity contribution in [3.63, 3.8) is 0 Å². The highest BCUT2D eigenvalue weighted by molar-refractivity contribution is 7.21. The first-order valence-electron chi connectivity index (χ1n) is 6.00. The summed E-state index contributed by atoms with van der Waals surface area (Å²) >= 11 is 0.957. The zero-order valence-electron chi connectivity index (χ0n) is 11.5. The minimum atomic E-state index is -1.14. The van der Waals surface area contributed by atoms with E-state index in [0.717, 1.165) is 16.9 Å². The molecular formula is C13H13N3O4S. The number of amides is 1. The van der Waals surface area contributed by atoms with Crippen molar-refractivity contribution in [3.8, 4) is 0 Å². The number of rotatable bonds is 4. The smallest absolute Gasteiger partial charge is 0.412 e. The van der Waals surface area contributed by atoms with E-state index in [2.05, 4.69) is 22.1 Å². The number of thiophene rings is 1. The highest BCUT2D eigenvalue weighted by Gasteiger charge is 2.23. The Morgan fingerprint density at radius 1 is 1.43 bits per heavy atom. The molecule has 0 saturated heterocycles. The molecule has 2 rings (SSSR count). The number of aromatic nitrogens is 2. The predicted molar refractivity (Wildman–Crippen MR) is 79.0 cm³/mol. The summed E-state index contributed by atoms with van der Waals surface area (Å²) in [5.41, 5.74) is 1.62. The number of carbonyl (C=O) groups is 2. The van der Waals surface area contributed by atoms with Gasteiger partial charge in [0.2, 0.25) is 0 Å². The van der Waals surface area contributed by atoms with Crippen LogP contribution >= 0.6 is 11.3 Å². The normalized spacial score (nSPS) is 10.4. The van der Waals surface area contributed by atoms with Crippen LogP contribution in [-0.4, -0.2) is 34.0 Å². The summed E-state index contributed by atoms with van der Waals surface area (Å²) in [5.74, 6) is -1.14. The number of aryl methyl sites for hydroxylation is 2. The Morgan fingerprint density at radius 3 is 2.76 bits per heavy atom. The van der Waals surface area contributed by atoms with Crippen LogP contribution in [0.2, 0.25) is 0 Å².